The predicted molar refractivity (Wildman–Crippen MR) is 86.9 cm³/mol. The molecule has 2 rings (SSSR count). The summed E-state index contributed by atoms with van der Waals surface area (Å²) in [6.45, 7) is 5.09. The average Bonchev–Trinajstić information content (AvgIpc) is 2.42. The zero-order valence-electron chi connectivity index (χ0n) is 13.0. The Balaban J connectivity index is 2.00. The zero-order chi connectivity index (χ0) is 16.5. The number of piperidine rings is 1. The quantitative estimate of drug-likeness (QED) is 0.910. The van der Waals surface area contributed by atoms with Crippen LogP contribution in [0.15, 0.2) is 18.2 Å². The molecule has 0 bridgehead atoms. The molecule has 1 N–H and O–H groups in total. The summed E-state index contributed by atoms with van der Waals surface area (Å²) < 4.78 is 38.0. The molecule has 1 fully saturated rings. The maximum Gasteiger partial charge on any atom is 0.211 e. The fraction of sp³-hybridized carbons (Fsp3) is 0.600. The summed E-state index contributed by atoms with van der Waals surface area (Å²) in [7, 11) is -3.13. The number of rotatable bonds is 4. The van der Waals surface area contributed by atoms with Crippen molar-refractivity contribution in [2.45, 2.75) is 32.4 Å². The maximum absolute atomic E-state index is 13.2. The second kappa shape index (κ2) is 6.83. The summed E-state index contributed by atoms with van der Waals surface area (Å²) in [4.78, 5) is 0. The van der Waals surface area contributed by atoms with Gasteiger partial charge < -0.3 is 5.32 Å². The molecule has 4 nitrogen and oxygen atoms in total. The lowest BCUT2D eigenvalue weighted by Crippen LogP contribution is -2.50. The molecule has 0 saturated carbocycles. The van der Waals surface area contributed by atoms with Gasteiger partial charge in [0.15, 0.2) is 0 Å². The molecule has 22 heavy (non-hydrogen) atoms. The number of benzene rings is 1. The van der Waals surface area contributed by atoms with E-state index in [0.29, 0.717) is 13.1 Å². The number of hydrogen-bond donors (Lipinski definition) is 1. The monoisotopic (exact) mass is 348 g/mol. The zero-order valence-corrected chi connectivity index (χ0v) is 14.6. The highest BCUT2D eigenvalue weighted by molar-refractivity contribution is 7.88. The smallest absolute Gasteiger partial charge is 0.211 e. The van der Waals surface area contributed by atoms with Crippen molar-refractivity contribution in [3.05, 3.63) is 34.6 Å². The summed E-state index contributed by atoms with van der Waals surface area (Å²) in [6.07, 6.45) is 2.00. The molecule has 1 saturated heterocycles. The molecular formula is C15H22ClFN2O2S. The van der Waals surface area contributed by atoms with Crippen molar-refractivity contribution in [3.63, 3.8) is 0 Å². The molecule has 0 radical (unpaired) electrons. The molecule has 124 valence electrons. The average molecular weight is 349 g/mol. The number of nitrogens with zero attached hydrogens (tertiary/aromatic N) is 1. The normalized spacial score (nSPS) is 25.1. The van der Waals surface area contributed by atoms with Gasteiger partial charge in [0, 0.05) is 25.2 Å². The second-order valence-corrected chi connectivity index (χ2v) is 8.44. The van der Waals surface area contributed by atoms with Crippen molar-refractivity contribution in [3.8, 4) is 0 Å². The van der Waals surface area contributed by atoms with Gasteiger partial charge in [-0.25, -0.2) is 17.1 Å². The summed E-state index contributed by atoms with van der Waals surface area (Å²) in [5, 5.41) is 3.62. The molecule has 0 unspecified atom stereocenters. The van der Waals surface area contributed by atoms with Gasteiger partial charge >= 0.3 is 0 Å². The lowest BCUT2D eigenvalue weighted by atomic mass is 9.93. The Labute approximate surface area is 136 Å². The van der Waals surface area contributed by atoms with Crippen molar-refractivity contribution in [1.82, 2.24) is 9.62 Å². The first kappa shape index (κ1) is 17.7. The van der Waals surface area contributed by atoms with Crippen LogP contribution in [0.3, 0.4) is 0 Å². The summed E-state index contributed by atoms with van der Waals surface area (Å²) in [5.74, 6) is -0.214. The van der Waals surface area contributed by atoms with E-state index in [0.717, 1.165) is 12.0 Å². The molecule has 0 aliphatic carbocycles. The van der Waals surface area contributed by atoms with Gasteiger partial charge in [0.05, 0.1) is 11.3 Å². The van der Waals surface area contributed by atoms with Crippen LogP contribution in [0, 0.1) is 11.7 Å². The van der Waals surface area contributed by atoms with Gasteiger partial charge in [-0.1, -0.05) is 24.6 Å². The predicted octanol–water partition coefficient (Wildman–Crippen LogP) is 2.80. The number of hydrogen-bond acceptors (Lipinski definition) is 3. The first-order chi connectivity index (χ1) is 10.2. The van der Waals surface area contributed by atoms with Crippen LogP contribution < -0.4 is 5.32 Å². The van der Waals surface area contributed by atoms with E-state index in [2.05, 4.69) is 5.32 Å². The molecule has 7 heteroatoms. The third-order valence-electron chi connectivity index (χ3n) is 4.24. The Hall–Kier alpha value is -0.690. The third-order valence-corrected chi connectivity index (χ3v) is 5.80. The Morgan fingerprint density at radius 2 is 2.14 bits per heavy atom. The molecule has 0 amide bonds. The van der Waals surface area contributed by atoms with Crippen LogP contribution in [0.25, 0.3) is 0 Å². The maximum atomic E-state index is 13.2. The van der Waals surface area contributed by atoms with E-state index >= 15 is 0 Å². The van der Waals surface area contributed by atoms with E-state index in [1.807, 2.05) is 13.8 Å². The number of nitrogens with one attached hydrogen (secondary N) is 1. The van der Waals surface area contributed by atoms with E-state index in [1.165, 1.54) is 16.6 Å². The van der Waals surface area contributed by atoms with Gasteiger partial charge in [-0.2, -0.15) is 0 Å². The van der Waals surface area contributed by atoms with Crippen LogP contribution in [0.2, 0.25) is 5.02 Å². The van der Waals surface area contributed by atoms with E-state index in [1.54, 1.807) is 12.1 Å². The summed E-state index contributed by atoms with van der Waals surface area (Å²) in [5.41, 5.74) is 0.921. The molecule has 3 atom stereocenters. The molecule has 1 aliphatic rings. The summed E-state index contributed by atoms with van der Waals surface area (Å²) >= 11 is 5.82. The Kier molecular flexibility index (Phi) is 5.48. The molecule has 1 aromatic carbocycles. The fourth-order valence-electron chi connectivity index (χ4n) is 2.86. The number of sulfonamides is 1. The van der Waals surface area contributed by atoms with Crippen LogP contribution in [0.1, 0.15) is 31.9 Å². The molecule has 1 aliphatic heterocycles. The van der Waals surface area contributed by atoms with Gasteiger partial charge in [-0.3, -0.25) is 0 Å². The van der Waals surface area contributed by atoms with E-state index in [-0.39, 0.29) is 23.0 Å². The van der Waals surface area contributed by atoms with Crippen molar-refractivity contribution in [2.75, 3.05) is 19.3 Å². The van der Waals surface area contributed by atoms with Crippen molar-refractivity contribution < 1.29 is 12.8 Å². The molecule has 1 heterocycles. The van der Waals surface area contributed by atoms with Crippen LogP contribution in [0.5, 0.6) is 0 Å². The minimum Gasteiger partial charge on any atom is -0.307 e. The van der Waals surface area contributed by atoms with Crippen molar-refractivity contribution in [1.29, 1.82) is 0 Å². The topological polar surface area (TPSA) is 49.4 Å². The third kappa shape index (κ3) is 4.19. The van der Waals surface area contributed by atoms with Crippen LogP contribution in [-0.2, 0) is 10.0 Å². The van der Waals surface area contributed by atoms with Gasteiger partial charge in [-0.05, 0) is 37.0 Å². The first-order valence-electron chi connectivity index (χ1n) is 7.34. The highest BCUT2D eigenvalue weighted by Gasteiger charge is 2.31. The molecule has 0 aromatic heterocycles. The second-order valence-electron chi connectivity index (χ2n) is 6.06. The van der Waals surface area contributed by atoms with Gasteiger partial charge in [-0.15, -0.1) is 0 Å². The van der Waals surface area contributed by atoms with Gasteiger partial charge in [0.1, 0.15) is 5.82 Å². The van der Waals surface area contributed by atoms with Crippen LogP contribution >= 0.6 is 11.6 Å². The molecule has 0 spiro atoms. The Bertz CT molecular complexity index is 638. The van der Waals surface area contributed by atoms with E-state index < -0.39 is 15.8 Å². The minimum atomic E-state index is -3.13. The van der Waals surface area contributed by atoms with E-state index in [9.17, 15) is 12.8 Å². The van der Waals surface area contributed by atoms with Gasteiger partial charge in [0.25, 0.3) is 0 Å². The van der Waals surface area contributed by atoms with Crippen molar-refractivity contribution >= 4 is 21.6 Å². The fourth-order valence-corrected chi connectivity index (χ4v) is 3.99. The highest BCUT2D eigenvalue weighted by Crippen LogP contribution is 2.24. The van der Waals surface area contributed by atoms with Crippen molar-refractivity contribution in [2.24, 2.45) is 5.92 Å². The summed E-state index contributed by atoms with van der Waals surface area (Å²) in [6, 6.07) is 4.96. The van der Waals surface area contributed by atoms with Crippen LogP contribution in [0.4, 0.5) is 4.39 Å². The Morgan fingerprint density at radius 3 is 2.68 bits per heavy atom. The van der Waals surface area contributed by atoms with Gasteiger partial charge in [0.2, 0.25) is 10.0 Å². The highest BCUT2D eigenvalue weighted by atomic mass is 35.5. The lowest BCUT2D eigenvalue weighted by Gasteiger charge is -2.37. The largest absolute Gasteiger partial charge is 0.307 e. The van der Waals surface area contributed by atoms with Crippen LogP contribution in [-0.4, -0.2) is 38.1 Å². The minimum absolute atomic E-state index is 0.0235. The number of halogens is 2. The first-order valence-corrected chi connectivity index (χ1v) is 9.57. The standard InChI is InChI=1S/C15H22ClFN2O2S/c1-10-9-19(22(3,20)21)7-6-15(10)18-11(2)12-4-5-14(17)13(16)8-12/h4-5,8,10-11,15,18H,6-7,9H2,1-3H3/t10-,11+,15+/m1/s1. The van der Waals surface area contributed by atoms with E-state index in [4.69, 9.17) is 11.6 Å². The molecule has 1 aromatic rings. The molecular weight excluding hydrogens is 327 g/mol. The lowest BCUT2D eigenvalue weighted by molar-refractivity contribution is 0.210. The SMILES string of the molecule is C[C@H](N[C@H]1CCN(S(C)(=O)=O)C[C@H]1C)c1ccc(F)c(Cl)c1. The Morgan fingerprint density at radius 1 is 1.45 bits per heavy atom.